The van der Waals surface area contributed by atoms with Crippen molar-refractivity contribution >= 4 is 35.7 Å². The van der Waals surface area contributed by atoms with E-state index in [1.54, 1.807) is 6.20 Å². The van der Waals surface area contributed by atoms with Gasteiger partial charge in [-0.1, -0.05) is 77.7 Å². The molecule has 0 atom stereocenters. The molecule has 1 aromatic carbocycles. The standard InChI is InChI=1S/C25H36N2/c1-9-13-14-17-18(5)22-19(6)23(21(15-10-2)16-11-3)24(26-8)20(7)25(22)27-12-4/h10,12,15,17,26-27H,2,4,6-7,9,11,13-14,16H2,1,3,5,8H3/b18-17-,21-15-. The smallest absolute Gasteiger partial charge is 0.0550 e. The quantitative estimate of drug-likeness (QED) is 0.368. The Labute approximate surface area is 165 Å². The van der Waals surface area contributed by atoms with E-state index in [0.717, 1.165) is 52.2 Å². The molecular formula is C25H36N2. The highest BCUT2D eigenvalue weighted by Crippen LogP contribution is 2.28. The van der Waals surface area contributed by atoms with E-state index in [1.807, 2.05) is 13.1 Å². The van der Waals surface area contributed by atoms with E-state index in [-0.39, 0.29) is 0 Å². The molecule has 0 saturated heterocycles. The van der Waals surface area contributed by atoms with Gasteiger partial charge < -0.3 is 10.6 Å². The molecular weight excluding hydrogens is 328 g/mol. The second-order valence-corrected chi connectivity index (χ2v) is 6.76. The molecule has 146 valence electrons. The fourth-order valence-corrected chi connectivity index (χ4v) is 3.51. The van der Waals surface area contributed by atoms with Crippen molar-refractivity contribution in [2.75, 3.05) is 17.7 Å². The highest BCUT2D eigenvalue weighted by molar-refractivity contribution is 5.88. The number of anilines is 2. The Morgan fingerprint density at radius 1 is 1.00 bits per heavy atom. The molecule has 0 bridgehead atoms. The van der Waals surface area contributed by atoms with Gasteiger partial charge in [0.05, 0.1) is 11.4 Å². The van der Waals surface area contributed by atoms with Gasteiger partial charge in [-0.05, 0) is 42.3 Å². The molecule has 0 aliphatic heterocycles. The molecule has 2 N–H and O–H groups in total. The predicted octanol–water partition coefficient (Wildman–Crippen LogP) is 6.07. The summed E-state index contributed by atoms with van der Waals surface area (Å²) < 4.78 is 0. The maximum Gasteiger partial charge on any atom is 0.0550 e. The van der Waals surface area contributed by atoms with Crippen molar-refractivity contribution in [3.05, 3.63) is 59.2 Å². The highest BCUT2D eigenvalue weighted by atomic mass is 14.9. The van der Waals surface area contributed by atoms with E-state index < -0.39 is 0 Å². The first-order chi connectivity index (χ1) is 13.0. The van der Waals surface area contributed by atoms with E-state index in [9.17, 15) is 0 Å². The van der Waals surface area contributed by atoms with Crippen LogP contribution in [0.4, 0.5) is 11.4 Å². The molecule has 0 amide bonds. The zero-order valence-corrected chi connectivity index (χ0v) is 17.7. The monoisotopic (exact) mass is 364 g/mol. The summed E-state index contributed by atoms with van der Waals surface area (Å²) in [6, 6.07) is 0. The molecule has 2 nitrogen and oxygen atoms in total. The zero-order chi connectivity index (χ0) is 20.4. The van der Waals surface area contributed by atoms with Crippen LogP contribution in [0.3, 0.4) is 0 Å². The average molecular weight is 365 g/mol. The first kappa shape index (κ1) is 22.6. The third kappa shape index (κ3) is 5.26. The molecule has 1 aromatic rings. The van der Waals surface area contributed by atoms with Crippen molar-refractivity contribution in [3.63, 3.8) is 0 Å². The second kappa shape index (κ2) is 11.3. The lowest BCUT2D eigenvalue weighted by atomic mass is 9.89. The summed E-state index contributed by atoms with van der Waals surface area (Å²) in [6.45, 7) is 23.2. The van der Waals surface area contributed by atoms with Gasteiger partial charge in [0.15, 0.2) is 0 Å². The Morgan fingerprint density at radius 3 is 2.22 bits per heavy atom. The van der Waals surface area contributed by atoms with Gasteiger partial charge in [-0.3, -0.25) is 0 Å². The first-order valence-electron chi connectivity index (χ1n) is 9.90. The molecule has 0 radical (unpaired) electrons. The van der Waals surface area contributed by atoms with Crippen molar-refractivity contribution in [2.45, 2.75) is 52.9 Å². The maximum atomic E-state index is 4.49. The predicted molar refractivity (Wildman–Crippen MR) is 126 cm³/mol. The molecule has 0 saturated carbocycles. The third-order valence-electron chi connectivity index (χ3n) is 4.77. The van der Waals surface area contributed by atoms with Crippen molar-refractivity contribution in [1.82, 2.24) is 0 Å². The Hall–Kier alpha value is -2.48. The van der Waals surface area contributed by atoms with Gasteiger partial charge in [-0.15, -0.1) is 0 Å². The van der Waals surface area contributed by atoms with E-state index >= 15 is 0 Å². The summed E-state index contributed by atoms with van der Waals surface area (Å²) >= 11 is 0. The van der Waals surface area contributed by atoms with Crippen LogP contribution in [0.2, 0.25) is 0 Å². The number of allylic oxidation sites excluding steroid dienone is 5. The number of benzene rings is 1. The molecule has 0 spiro atoms. The number of rotatable bonds is 11. The van der Waals surface area contributed by atoms with Crippen LogP contribution in [0.5, 0.6) is 0 Å². The molecule has 0 aliphatic rings. The zero-order valence-electron chi connectivity index (χ0n) is 17.7. The molecule has 0 aromatic heterocycles. The molecule has 0 heterocycles. The summed E-state index contributed by atoms with van der Waals surface area (Å²) in [4.78, 5) is 0. The largest absolute Gasteiger partial charge is 0.387 e. The van der Waals surface area contributed by atoms with E-state index in [2.05, 4.69) is 69.9 Å². The molecule has 1 rings (SSSR count). The maximum absolute atomic E-state index is 4.49. The summed E-state index contributed by atoms with van der Waals surface area (Å²) in [7, 11) is 1.94. The molecule has 2 heteroatoms. The van der Waals surface area contributed by atoms with Crippen LogP contribution in [0.1, 0.15) is 64.0 Å². The number of unbranched alkanes of at least 4 members (excludes halogenated alkanes) is 2. The van der Waals surface area contributed by atoms with E-state index in [0.29, 0.717) is 0 Å². The van der Waals surface area contributed by atoms with Crippen LogP contribution in [0, 0.1) is 0 Å². The van der Waals surface area contributed by atoms with Crippen molar-refractivity contribution in [3.8, 4) is 0 Å². The first-order valence-corrected chi connectivity index (χ1v) is 9.90. The van der Waals surface area contributed by atoms with E-state index in [1.165, 1.54) is 24.0 Å². The number of nitrogens with one attached hydrogen (secondary N) is 2. The minimum Gasteiger partial charge on any atom is -0.387 e. The summed E-state index contributed by atoms with van der Waals surface area (Å²) in [6.07, 6.45) is 13.4. The number of hydrogen-bond donors (Lipinski definition) is 2. The van der Waals surface area contributed by atoms with Crippen molar-refractivity contribution in [1.29, 1.82) is 0 Å². The van der Waals surface area contributed by atoms with Crippen LogP contribution in [0.15, 0.2) is 37.6 Å². The fourth-order valence-electron chi connectivity index (χ4n) is 3.51. The molecule has 0 unspecified atom stereocenters. The normalized spacial score (nSPS) is 12.0. The lowest BCUT2D eigenvalue weighted by Crippen LogP contribution is -2.26. The molecule has 0 aliphatic carbocycles. The second-order valence-electron chi connectivity index (χ2n) is 6.76. The third-order valence-corrected chi connectivity index (χ3v) is 4.77. The van der Waals surface area contributed by atoms with Crippen LogP contribution in [-0.4, -0.2) is 7.05 Å². The minimum atomic E-state index is 0.934. The van der Waals surface area contributed by atoms with Gasteiger partial charge in [0.2, 0.25) is 0 Å². The van der Waals surface area contributed by atoms with Crippen LogP contribution in [-0.2, 0) is 0 Å². The Morgan fingerprint density at radius 2 is 1.70 bits per heavy atom. The number of hydrogen-bond acceptors (Lipinski definition) is 2. The van der Waals surface area contributed by atoms with Crippen molar-refractivity contribution < 1.29 is 0 Å². The van der Waals surface area contributed by atoms with Crippen LogP contribution < -0.4 is 21.1 Å². The van der Waals surface area contributed by atoms with Gasteiger partial charge in [0, 0.05) is 23.4 Å². The lowest BCUT2D eigenvalue weighted by molar-refractivity contribution is 0.815. The Bertz CT molecular complexity index is 825. The molecule has 27 heavy (non-hydrogen) atoms. The SMILES string of the molecule is C=C/C=C(/CCC)c1c(NC)c(=C)c(NC=C)c(/C(C)=C\CCCC)c1=C. The van der Waals surface area contributed by atoms with Gasteiger partial charge in [-0.2, -0.15) is 0 Å². The lowest BCUT2D eigenvalue weighted by Gasteiger charge is -2.21. The van der Waals surface area contributed by atoms with Gasteiger partial charge in [-0.25, -0.2) is 0 Å². The molecule has 0 fully saturated rings. The van der Waals surface area contributed by atoms with Crippen LogP contribution >= 0.6 is 0 Å². The van der Waals surface area contributed by atoms with Crippen LogP contribution in [0.25, 0.3) is 24.3 Å². The van der Waals surface area contributed by atoms with Gasteiger partial charge in [0.25, 0.3) is 0 Å². The van der Waals surface area contributed by atoms with Gasteiger partial charge in [0.1, 0.15) is 0 Å². The Balaban J connectivity index is 3.90. The fraction of sp³-hybridized carbons (Fsp3) is 0.360. The summed E-state index contributed by atoms with van der Waals surface area (Å²) in [5.41, 5.74) is 6.70. The van der Waals surface area contributed by atoms with Crippen molar-refractivity contribution in [2.24, 2.45) is 0 Å². The topological polar surface area (TPSA) is 24.1 Å². The highest BCUT2D eigenvalue weighted by Gasteiger charge is 2.17. The van der Waals surface area contributed by atoms with Gasteiger partial charge >= 0.3 is 0 Å². The summed E-state index contributed by atoms with van der Waals surface area (Å²) in [5, 5.41) is 8.60. The Kier molecular flexibility index (Phi) is 9.42. The summed E-state index contributed by atoms with van der Waals surface area (Å²) in [5.74, 6) is 0. The van der Waals surface area contributed by atoms with E-state index in [4.69, 9.17) is 0 Å². The minimum absolute atomic E-state index is 0.934. The average Bonchev–Trinajstić information content (AvgIpc) is 2.64.